The molecule has 0 heterocycles. The standard InChI is InChI=1S/C9H16N2O2/c1-5-8(3)11(10-4)7-9(12)13-6-2/h5,10H,1,3,6-7H2,2,4H3. The zero-order valence-corrected chi connectivity index (χ0v) is 8.17. The van der Waals surface area contributed by atoms with Crippen molar-refractivity contribution in [2.45, 2.75) is 6.92 Å². The van der Waals surface area contributed by atoms with Gasteiger partial charge in [-0.25, -0.2) is 5.43 Å². The average Bonchev–Trinajstić information content (AvgIpc) is 2.13. The Morgan fingerprint density at radius 3 is 2.69 bits per heavy atom. The van der Waals surface area contributed by atoms with E-state index in [-0.39, 0.29) is 12.5 Å². The topological polar surface area (TPSA) is 41.6 Å². The molecule has 4 nitrogen and oxygen atoms in total. The Morgan fingerprint density at radius 1 is 1.69 bits per heavy atom. The van der Waals surface area contributed by atoms with Gasteiger partial charge in [0, 0.05) is 12.7 Å². The van der Waals surface area contributed by atoms with Crippen LogP contribution in [0.3, 0.4) is 0 Å². The van der Waals surface area contributed by atoms with Crippen molar-refractivity contribution in [2.24, 2.45) is 0 Å². The lowest BCUT2D eigenvalue weighted by Crippen LogP contribution is -2.38. The summed E-state index contributed by atoms with van der Waals surface area (Å²) < 4.78 is 4.77. The first-order chi connectivity index (χ1) is 6.15. The monoisotopic (exact) mass is 184 g/mol. The summed E-state index contributed by atoms with van der Waals surface area (Å²) in [6.07, 6.45) is 1.57. The zero-order chi connectivity index (χ0) is 10.3. The summed E-state index contributed by atoms with van der Waals surface area (Å²) in [6, 6.07) is 0. The maximum Gasteiger partial charge on any atom is 0.327 e. The summed E-state index contributed by atoms with van der Waals surface area (Å²) in [7, 11) is 1.70. The number of nitrogens with zero attached hydrogens (tertiary/aromatic N) is 1. The third-order valence-electron chi connectivity index (χ3n) is 1.44. The van der Waals surface area contributed by atoms with Crippen molar-refractivity contribution >= 4 is 5.97 Å². The number of hydrogen-bond acceptors (Lipinski definition) is 4. The lowest BCUT2D eigenvalue weighted by molar-refractivity contribution is -0.144. The Morgan fingerprint density at radius 2 is 2.31 bits per heavy atom. The van der Waals surface area contributed by atoms with Crippen LogP contribution in [0.4, 0.5) is 0 Å². The molecule has 0 aromatic heterocycles. The van der Waals surface area contributed by atoms with E-state index < -0.39 is 0 Å². The van der Waals surface area contributed by atoms with Gasteiger partial charge in [-0.15, -0.1) is 0 Å². The van der Waals surface area contributed by atoms with Gasteiger partial charge in [0.1, 0.15) is 6.54 Å². The summed E-state index contributed by atoms with van der Waals surface area (Å²) in [5.41, 5.74) is 3.44. The molecule has 0 fully saturated rings. The lowest BCUT2D eigenvalue weighted by Gasteiger charge is -2.21. The molecule has 13 heavy (non-hydrogen) atoms. The molecule has 0 spiro atoms. The highest BCUT2D eigenvalue weighted by molar-refractivity contribution is 5.71. The highest BCUT2D eigenvalue weighted by atomic mass is 16.5. The first-order valence-corrected chi connectivity index (χ1v) is 4.07. The van der Waals surface area contributed by atoms with Crippen LogP contribution in [-0.2, 0) is 9.53 Å². The van der Waals surface area contributed by atoms with E-state index in [1.54, 1.807) is 25.1 Å². The van der Waals surface area contributed by atoms with Gasteiger partial charge in [-0.1, -0.05) is 13.2 Å². The number of carbonyl (C=O) groups excluding carboxylic acids is 1. The lowest BCUT2D eigenvalue weighted by atomic mass is 10.4. The van der Waals surface area contributed by atoms with Crippen molar-refractivity contribution in [1.82, 2.24) is 10.4 Å². The number of hydrazine groups is 1. The Kier molecular flexibility index (Phi) is 5.63. The molecular weight excluding hydrogens is 168 g/mol. The highest BCUT2D eigenvalue weighted by Gasteiger charge is 2.09. The van der Waals surface area contributed by atoms with E-state index in [4.69, 9.17) is 4.74 Å². The van der Waals surface area contributed by atoms with Gasteiger partial charge in [0.25, 0.3) is 0 Å². The van der Waals surface area contributed by atoms with Gasteiger partial charge < -0.3 is 4.74 Å². The van der Waals surface area contributed by atoms with E-state index in [0.717, 1.165) is 0 Å². The van der Waals surface area contributed by atoms with E-state index in [2.05, 4.69) is 18.6 Å². The molecule has 0 aromatic rings. The minimum Gasteiger partial charge on any atom is -0.465 e. The summed E-state index contributed by atoms with van der Waals surface area (Å²) in [6.45, 7) is 9.53. The van der Waals surface area contributed by atoms with Crippen molar-refractivity contribution in [1.29, 1.82) is 0 Å². The third-order valence-corrected chi connectivity index (χ3v) is 1.44. The number of esters is 1. The first-order valence-electron chi connectivity index (χ1n) is 4.07. The van der Waals surface area contributed by atoms with E-state index in [9.17, 15) is 4.79 Å². The number of carbonyl (C=O) groups is 1. The van der Waals surface area contributed by atoms with Gasteiger partial charge in [-0.05, 0) is 13.0 Å². The van der Waals surface area contributed by atoms with Crippen LogP contribution in [0.1, 0.15) is 6.92 Å². The highest BCUT2D eigenvalue weighted by Crippen LogP contribution is 1.98. The SMILES string of the molecule is C=CC(=C)N(CC(=O)OCC)NC. The molecule has 0 aliphatic carbocycles. The maximum absolute atomic E-state index is 11.1. The molecule has 74 valence electrons. The molecule has 0 aliphatic rings. The van der Waals surface area contributed by atoms with E-state index in [0.29, 0.717) is 12.3 Å². The minimum atomic E-state index is -0.292. The second kappa shape index (κ2) is 6.25. The first kappa shape index (κ1) is 11.7. The number of rotatable bonds is 6. The van der Waals surface area contributed by atoms with E-state index in [1.165, 1.54) is 0 Å². The summed E-state index contributed by atoms with van der Waals surface area (Å²) in [5.74, 6) is -0.292. The van der Waals surface area contributed by atoms with Gasteiger partial charge in [0.15, 0.2) is 0 Å². The fraction of sp³-hybridized carbons (Fsp3) is 0.444. The Hall–Kier alpha value is -1.29. The van der Waals surface area contributed by atoms with Gasteiger partial charge in [-0.2, -0.15) is 0 Å². The van der Waals surface area contributed by atoms with Gasteiger partial charge in [0.2, 0.25) is 0 Å². The Balaban J connectivity index is 4.04. The van der Waals surface area contributed by atoms with Crippen molar-refractivity contribution in [3.8, 4) is 0 Å². The molecule has 0 unspecified atom stereocenters. The predicted molar refractivity (Wildman–Crippen MR) is 51.7 cm³/mol. The van der Waals surface area contributed by atoms with Crippen molar-refractivity contribution in [3.05, 3.63) is 24.9 Å². The molecule has 0 aromatic carbocycles. The van der Waals surface area contributed by atoms with Gasteiger partial charge in [0.05, 0.1) is 6.61 Å². The number of ether oxygens (including phenoxy) is 1. The van der Waals surface area contributed by atoms with Crippen LogP contribution in [0, 0.1) is 0 Å². The molecular formula is C9H16N2O2. The molecule has 0 rings (SSSR count). The molecule has 0 bridgehead atoms. The second-order valence-corrected chi connectivity index (χ2v) is 2.31. The van der Waals surface area contributed by atoms with Crippen LogP contribution in [0.25, 0.3) is 0 Å². The van der Waals surface area contributed by atoms with E-state index in [1.807, 2.05) is 0 Å². The van der Waals surface area contributed by atoms with Crippen LogP contribution in [0.5, 0.6) is 0 Å². The average molecular weight is 184 g/mol. The van der Waals surface area contributed by atoms with E-state index >= 15 is 0 Å². The largest absolute Gasteiger partial charge is 0.465 e. The number of nitrogens with one attached hydrogen (secondary N) is 1. The smallest absolute Gasteiger partial charge is 0.327 e. The molecule has 4 heteroatoms. The minimum absolute atomic E-state index is 0.134. The molecule has 0 aliphatic heterocycles. The fourth-order valence-corrected chi connectivity index (χ4v) is 0.770. The van der Waals surface area contributed by atoms with Crippen LogP contribution < -0.4 is 5.43 Å². The van der Waals surface area contributed by atoms with Crippen LogP contribution >= 0.6 is 0 Å². The molecule has 1 N–H and O–H groups in total. The molecule has 0 saturated heterocycles. The normalized spacial score (nSPS) is 9.08. The number of hydrogen-bond donors (Lipinski definition) is 1. The number of allylic oxidation sites excluding steroid dienone is 1. The molecule has 0 atom stereocenters. The second-order valence-electron chi connectivity index (χ2n) is 2.31. The van der Waals surface area contributed by atoms with Crippen molar-refractivity contribution in [2.75, 3.05) is 20.2 Å². The Bertz CT molecular complexity index is 202. The van der Waals surface area contributed by atoms with Gasteiger partial charge in [-0.3, -0.25) is 9.80 Å². The van der Waals surface area contributed by atoms with Crippen molar-refractivity contribution < 1.29 is 9.53 Å². The van der Waals surface area contributed by atoms with Crippen LogP contribution in [0.15, 0.2) is 24.9 Å². The predicted octanol–water partition coefficient (Wildman–Crippen LogP) is 0.686. The molecule has 0 radical (unpaired) electrons. The fourth-order valence-electron chi connectivity index (χ4n) is 0.770. The Labute approximate surface area is 78.8 Å². The molecule has 0 saturated carbocycles. The van der Waals surface area contributed by atoms with Crippen molar-refractivity contribution in [3.63, 3.8) is 0 Å². The maximum atomic E-state index is 11.1. The van der Waals surface area contributed by atoms with Crippen LogP contribution in [-0.4, -0.2) is 31.2 Å². The third kappa shape index (κ3) is 4.32. The summed E-state index contributed by atoms with van der Waals surface area (Å²) in [4.78, 5) is 11.1. The van der Waals surface area contributed by atoms with Gasteiger partial charge >= 0.3 is 5.97 Å². The molecule has 0 amide bonds. The summed E-state index contributed by atoms with van der Waals surface area (Å²) in [5, 5.41) is 1.56. The summed E-state index contributed by atoms with van der Waals surface area (Å²) >= 11 is 0. The quantitative estimate of drug-likeness (QED) is 0.374. The van der Waals surface area contributed by atoms with Crippen LogP contribution in [0.2, 0.25) is 0 Å². The zero-order valence-electron chi connectivity index (χ0n) is 8.17.